The van der Waals surface area contributed by atoms with Crippen LogP contribution in [0.3, 0.4) is 0 Å². The number of hydrogen-bond donors (Lipinski definition) is 0. The Kier molecular flexibility index (Phi) is 7.73. The van der Waals surface area contributed by atoms with Gasteiger partial charge in [0.25, 0.3) is 0 Å². The quantitative estimate of drug-likeness (QED) is 0.197. The highest BCUT2D eigenvalue weighted by Gasteiger charge is 2.19. The van der Waals surface area contributed by atoms with E-state index in [9.17, 15) is 0 Å². The van der Waals surface area contributed by atoms with Crippen molar-refractivity contribution in [3.63, 3.8) is 0 Å². The van der Waals surface area contributed by atoms with Gasteiger partial charge in [-0.05, 0) is 70.5 Å². The minimum atomic E-state index is 0.0965. The van der Waals surface area contributed by atoms with Crippen molar-refractivity contribution >= 4 is 17.1 Å². The van der Waals surface area contributed by atoms with Gasteiger partial charge in [-0.1, -0.05) is 126 Å². The van der Waals surface area contributed by atoms with E-state index in [4.69, 9.17) is 4.98 Å². The summed E-state index contributed by atoms with van der Waals surface area (Å²) in [5.41, 5.74) is 10.4. The molecule has 44 heavy (non-hydrogen) atoms. The molecule has 0 aliphatic rings. The van der Waals surface area contributed by atoms with Crippen molar-refractivity contribution in [2.45, 2.75) is 52.4 Å². The fourth-order valence-electron chi connectivity index (χ4n) is 5.55. The van der Waals surface area contributed by atoms with Gasteiger partial charge in [-0.3, -0.25) is 4.57 Å². The summed E-state index contributed by atoms with van der Waals surface area (Å²) in [6, 6.07) is 47.5. The zero-order valence-corrected chi connectivity index (χ0v) is 26.6. The SMILES string of the molecule is CC(C)(C)c1ccc(N(c2ccc(-n3cc(-c4ccccc4)nc3-c3ccccc3)cc2)c2ccc(C(C)(C)C)cc2)cc1. The zero-order chi connectivity index (χ0) is 30.9. The van der Waals surface area contributed by atoms with E-state index in [1.807, 2.05) is 12.1 Å². The molecule has 3 nitrogen and oxygen atoms in total. The summed E-state index contributed by atoms with van der Waals surface area (Å²) in [6.07, 6.45) is 2.14. The van der Waals surface area contributed by atoms with Crippen LogP contribution in [0.15, 0.2) is 140 Å². The Bertz CT molecular complexity index is 1760. The predicted octanol–water partition coefficient (Wildman–Crippen LogP) is 11.3. The Morgan fingerprint density at radius 2 is 0.886 bits per heavy atom. The predicted molar refractivity (Wildman–Crippen MR) is 187 cm³/mol. The van der Waals surface area contributed by atoms with Crippen molar-refractivity contribution in [1.82, 2.24) is 9.55 Å². The summed E-state index contributed by atoms with van der Waals surface area (Å²) in [5.74, 6) is 0.921. The van der Waals surface area contributed by atoms with Crippen molar-refractivity contribution in [2.75, 3.05) is 4.90 Å². The van der Waals surface area contributed by atoms with Gasteiger partial charge in [-0.25, -0.2) is 4.98 Å². The van der Waals surface area contributed by atoms with Crippen LogP contribution in [0, 0.1) is 0 Å². The molecule has 0 aliphatic carbocycles. The second-order valence-electron chi connectivity index (χ2n) is 13.5. The maximum absolute atomic E-state index is 5.09. The maximum Gasteiger partial charge on any atom is 0.145 e. The molecular formula is C41H41N3. The summed E-state index contributed by atoms with van der Waals surface area (Å²) in [4.78, 5) is 7.43. The van der Waals surface area contributed by atoms with Crippen molar-refractivity contribution < 1.29 is 0 Å². The molecule has 220 valence electrons. The summed E-state index contributed by atoms with van der Waals surface area (Å²) < 4.78 is 2.20. The van der Waals surface area contributed by atoms with Gasteiger partial charge in [0.1, 0.15) is 5.82 Å². The van der Waals surface area contributed by atoms with Crippen LogP contribution in [0.5, 0.6) is 0 Å². The van der Waals surface area contributed by atoms with Crippen molar-refractivity contribution in [1.29, 1.82) is 0 Å². The molecule has 0 aliphatic heterocycles. The lowest BCUT2D eigenvalue weighted by Crippen LogP contribution is -2.14. The third kappa shape index (κ3) is 6.09. The van der Waals surface area contributed by atoms with Crippen LogP contribution in [0.4, 0.5) is 17.1 Å². The van der Waals surface area contributed by atoms with E-state index in [0.717, 1.165) is 45.4 Å². The van der Waals surface area contributed by atoms with Crippen molar-refractivity contribution in [3.05, 3.63) is 151 Å². The average molecular weight is 576 g/mol. The number of aromatic nitrogens is 2. The van der Waals surface area contributed by atoms with E-state index in [1.165, 1.54) is 11.1 Å². The van der Waals surface area contributed by atoms with Crippen LogP contribution < -0.4 is 4.90 Å². The van der Waals surface area contributed by atoms with Gasteiger partial charge in [0.05, 0.1) is 5.69 Å². The summed E-state index contributed by atoms with van der Waals surface area (Å²) >= 11 is 0. The van der Waals surface area contributed by atoms with Gasteiger partial charge in [0.2, 0.25) is 0 Å². The molecule has 0 saturated carbocycles. The Morgan fingerprint density at radius 3 is 1.32 bits per heavy atom. The molecule has 0 radical (unpaired) electrons. The molecule has 6 aromatic rings. The average Bonchev–Trinajstić information content (AvgIpc) is 3.48. The minimum Gasteiger partial charge on any atom is -0.311 e. The van der Waals surface area contributed by atoms with Crippen molar-refractivity contribution in [3.8, 4) is 28.3 Å². The third-order valence-electron chi connectivity index (χ3n) is 8.18. The Labute approximate surface area is 262 Å². The third-order valence-corrected chi connectivity index (χ3v) is 8.18. The molecule has 5 aromatic carbocycles. The molecule has 0 bridgehead atoms. The second-order valence-corrected chi connectivity index (χ2v) is 13.5. The second kappa shape index (κ2) is 11.7. The minimum absolute atomic E-state index is 0.0965. The molecule has 0 amide bonds. The number of imidazole rings is 1. The van der Waals surface area contributed by atoms with Crippen LogP contribution in [-0.2, 0) is 10.8 Å². The largest absolute Gasteiger partial charge is 0.311 e. The van der Waals surface area contributed by atoms with Gasteiger partial charge in [-0.15, -0.1) is 0 Å². The highest BCUT2D eigenvalue weighted by Crippen LogP contribution is 2.38. The smallest absolute Gasteiger partial charge is 0.145 e. The molecular weight excluding hydrogens is 534 g/mol. The fraction of sp³-hybridized carbons (Fsp3) is 0.195. The lowest BCUT2D eigenvalue weighted by Gasteiger charge is -2.28. The normalized spacial score (nSPS) is 11.9. The van der Waals surface area contributed by atoms with E-state index in [0.29, 0.717) is 0 Å². The van der Waals surface area contributed by atoms with Gasteiger partial charge in [0, 0.05) is 40.1 Å². The first-order chi connectivity index (χ1) is 21.1. The standard InChI is InChI=1S/C41H41N3/c1-40(2,3)32-17-21-35(22-18-32)44(36-23-19-33(20-24-36)41(4,5)6)37-27-25-34(26-28-37)43-29-38(30-13-9-7-10-14-30)42-39(43)31-15-11-8-12-16-31/h7-29H,1-6H3. The first-order valence-electron chi connectivity index (χ1n) is 15.4. The summed E-state index contributed by atoms with van der Waals surface area (Å²) in [7, 11) is 0. The highest BCUT2D eigenvalue weighted by atomic mass is 15.1. The number of nitrogens with zero attached hydrogens (tertiary/aromatic N) is 3. The number of benzene rings is 5. The molecule has 0 N–H and O–H groups in total. The van der Waals surface area contributed by atoms with Crippen LogP contribution in [0.1, 0.15) is 52.7 Å². The van der Waals surface area contributed by atoms with Crippen LogP contribution in [0.2, 0.25) is 0 Å². The monoisotopic (exact) mass is 575 g/mol. The van der Waals surface area contributed by atoms with Gasteiger partial charge >= 0.3 is 0 Å². The molecule has 0 fully saturated rings. The molecule has 0 saturated heterocycles. The van der Waals surface area contributed by atoms with Crippen LogP contribution >= 0.6 is 0 Å². The molecule has 3 heteroatoms. The number of anilines is 3. The van der Waals surface area contributed by atoms with E-state index in [-0.39, 0.29) is 10.8 Å². The molecule has 6 rings (SSSR count). The molecule has 0 unspecified atom stereocenters. The number of hydrogen-bond acceptors (Lipinski definition) is 2. The lowest BCUT2D eigenvalue weighted by atomic mass is 9.86. The first kappa shape index (κ1) is 29.2. The van der Waals surface area contributed by atoms with Gasteiger partial charge in [-0.2, -0.15) is 0 Å². The molecule has 1 heterocycles. The van der Waals surface area contributed by atoms with E-state index >= 15 is 0 Å². The van der Waals surface area contributed by atoms with E-state index in [2.05, 4.69) is 179 Å². The molecule has 0 spiro atoms. The fourth-order valence-corrected chi connectivity index (χ4v) is 5.55. The van der Waals surface area contributed by atoms with E-state index < -0.39 is 0 Å². The van der Waals surface area contributed by atoms with Crippen molar-refractivity contribution in [2.24, 2.45) is 0 Å². The first-order valence-corrected chi connectivity index (χ1v) is 15.4. The highest BCUT2D eigenvalue weighted by molar-refractivity contribution is 5.77. The lowest BCUT2D eigenvalue weighted by molar-refractivity contribution is 0.590. The van der Waals surface area contributed by atoms with Gasteiger partial charge in [0.15, 0.2) is 0 Å². The van der Waals surface area contributed by atoms with E-state index in [1.54, 1.807) is 0 Å². The Balaban J connectivity index is 1.42. The maximum atomic E-state index is 5.09. The van der Waals surface area contributed by atoms with Crippen LogP contribution in [-0.4, -0.2) is 9.55 Å². The Hall–Kier alpha value is -4.89. The topological polar surface area (TPSA) is 21.1 Å². The molecule has 0 atom stereocenters. The summed E-state index contributed by atoms with van der Waals surface area (Å²) in [6.45, 7) is 13.5. The number of rotatable bonds is 6. The van der Waals surface area contributed by atoms with Gasteiger partial charge < -0.3 is 4.90 Å². The molecule has 1 aromatic heterocycles. The zero-order valence-electron chi connectivity index (χ0n) is 26.6. The Morgan fingerprint density at radius 1 is 0.477 bits per heavy atom. The van der Waals surface area contributed by atoms with Crippen LogP contribution in [0.25, 0.3) is 28.3 Å². The summed E-state index contributed by atoms with van der Waals surface area (Å²) in [5, 5.41) is 0.